The quantitative estimate of drug-likeness (QED) is 0.436. The molecule has 0 aliphatic heterocycles. The minimum Gasteiger partial charge on any atom is -0.496 e. The number of sulfonamides is 1. The summed E-state index contributed by atoms with van der Waals surface area (Å²) in [6.07, 6.45) is 1.06. The predicted octanol–water partition coefficient (Wildman–Crippen LogP) is 4.00. The number of nitrogens with zero attached hydrogens (tertiary/aromatic N) is 3. The van der Waals surface area contributed by atoms with Gasteiger partial charge in [0.05, 0.1) is 30.7 Å². The molecule has 4 aromatic rings. The molecule has 172 valence electrons. The van der Waals surface area contributed by atoms with Gasteiger partial charge in [0.25, 0.3) is 5.56 Å². The molecule has 0 bridgehead atoms. The molecule has 2 aromatic carbocycles. The van der Waals surface area contributed by atoms with E-state index >= 15 is 0 Å². The van der Waals surface area contributed by atoms with Crippen molar-refractivity contribution in [2.45, 2.75) is 19.9 Å². The molecular weight excluding hydrogens is 468 g/mol. The van der Waals surface area contributed by atoms with Gasteiger partial charge in [0.2, 0.25) is 15.6 Å². The Labute approximate surface area is 195 Å². The molecule has 33 heavy (non-hydrogen) atoms. The topological polar surface area (TPSA) is 116 Å². The van der Waals surface area contributed by atoms with Crippen LogP contribution in [0, 0.1) is 6.92 Å². The second kappa shape index (κ2) is 8.53. The van der Waals surface area contributed by atoms with Crippen LogP contribution in [0.5, 0.6) is 5.75 Å². The molecule has 4 rings (SSSR count). The summed E-state index contributed by atoms with van der Waals surface area (Å²) < 4.78 is 38.2. The van der Waals surface area contributed by atoms with E-state index in [0.29, 0.717) is 33.4 Å². The Morgan fingerprint density at radius 3 is 2.52 bits per heavy atom. The lowest BCUT2D eigenvalue weighted by atomic mass is 10.1. The van der Waals surface area contributed by atoms with Crippen LogP contribution in [0.15, 0.2) is 51.8 Å². The molecule has 0 amide bonds. The van der Waals surface area contributed by atoms with Crippen molar-refractivity contribution >= 4 is 38.3 Å². The van der Waals surface area contributed by atoms with E-state index in [1.807, 2.05) is 19.1 Å². The summed E-state index contributed by atoms with van der Waals surface area (Å²) in [5.41, 5.74) is 2.10. The molecule has 1 unspecified atom stereocenters. The van der Waals surface area contributed by atoms with Crippen LogP contribution in [-0.4, -0.2) is 36.7 Å². The standard InChI is InChI=1S/C22H21ClN4O5S/c1-12-19-21(32-25-12)20(17-11-16(26-33(4,29)30)9-10-18(17)31-3)24-27(22(19)28)13(2)14-5-7-15(23)8-6-14/h5-11,13,26H,1-4H3. The van der Waals surface area contributed by atoms with Crippen molar-refractivity contribution in [3.63, 3.8) is 0 Å². The minimum atomic E-state index is -3.51. The molecule has 0 saturated carbocycles. The maximum Gasteiger partial charge on any atom is 0.280 e. The van der Waals surface area contributed by atoms with Crippen molar-refractivity contribution < 1.29 is 17.7 Å². The molecule has 1 atom stereocenters. The van der Waals surface area contributed by atoms with Crippen LogP contribution in [0.1, 0.15) is 24.2 Å². The fourth-order valence-corrected chi connectivity index (χ4v) is 4.27. The lowest BCUT2D eigenvalue weighted by molar-refractivity contribution is 0.415. The highest BCUT2D eigenvalue weighted by Crippen LogP contribution is 2.36. The lowest BCUT2D eigenvalue weighted by Gasteiger charge is -2.17. The Morgan fingerprint density at radius 1 is 1.18 bits per heavy atom. The van der Waals surface area contributed by atoms with Crippen LogP contribution >= 0.6 is 11.6 Å². The average molecular weight is 489 g/mol. The van der Waals surface area contributed by atoms with Gasteiger partial charge in [-0.3, -0.25) is 9.52 Å². The van der Waals surface area contributed by atoms with Crippen molar-refractivity contribution in [1.29, 1.82) is 0 Å². The molecule has 0 aliphatic rings. The van der Waals surface area contributed by atoms with Gasteiger partial charge in [0, 0.05) is 10.7 Å². The fraction of sp³-hybridized carbons (Fsp3) is 0.227. The van der Waals surface area contributed by atoms with Gasteiger partial charge in [-0.05, 0) is 49.7 Å². The molecule has 0 radical (unpaired) electrons. The largest absolute Gasteiger partial charge is 0.496 e. The minimum absolute atomic E-state index is 0.187. The molecule has 0 aliphatic carbocycles. The van der Waals surface area contributed by atoms with Crippen LogP contribution in [0.2, 0.25) is 5.02 Å². The number of rotatable bonds is 6. The predicted molar refractivity (Wildman–Crippen MR) is 127 cm³/mol. The first kappa shape index (κ1) is 22.8. The summed E-state index contributed by atoms with van der Waals surface area (Å²) in [6.45, 7) is 3.52. The van der Waals surface area contributed by atoms with Gasteiger partial charge < -0.3 is 9.26 Å². The number of hydrogen-bond donors (Lipinski definition) is 1. The number of aryl methyl sites for hydroxylation is 1. The third-order valence-electron chi connectivity index (χ3n) is 5.18. The number of halogens is 1. The van der Waals surface area contributed by atoms with E-state index in [1.54, 1.807) is 37.3 Å². The first-order valence-corrected chi connectivity index (χ1v) is 12.2. The van der Waals surface area contributed by atoms with E-state index in [4.69, 9.17) is 20.9 Å². The molecule has 9 nitrogen and oxygen atoms in total. The molecule has 0 spiro atoms. The number of nitrogens with one attached hydrogen (secondary N) is 1. The molecule has 2 heterocycles. The summed E-state index contributed by atoms with van der Waals surface area (Å²) in [7, 11) is -2.03. The Hall–Kier alpha value is -3.37. The van der Waals surface area contributed by atoms with Crippen LogP contribution < -0.4 is 15.0 Å². The zero-order chi connectivity index (χ0) is 23.9. The maximum atomic E-state index is 13.3. The summed E-state index contributed by atoms with van der Waals surface area (Å²) in [5.74, 6) is 0.418. The molecule has 11 heteroatoms. The fourth-order valence-electron chi connectivity index (χ4n) is 3.59. The summed E-state index contributed by atoms with van der Waals surface area (Å²) >= 11 is 6.01. The number of hydrogen-bond acceptors (Lipinski definition) is 7. The molecular formula is C22H21ClN4O5S. The first-order chi connectivity index (χ1) is 15.6. The second-order valence-corrected chi connectivity index (χ2v) is 9.77. The molecule has 0 saturated heterocycles. The molecule has 2 aromatic heterocycles. The highest BCUT2D eigenvalue weighted by molar-refractivity contribution is 7.92. The van der Waals surface area contributed by atoms with E-state index in [0.717, 1.165) is 11.8 Å². The van der Waals surface area contributed by atoms with Gasteiger partial charge in [0.1, 0.15) is 16.8 Å². The average Bonchev–Trinajstić information content (AvgIpc) is 3.15. The van der Waals surface area contributed by atoms with Gasteiger partial charge in [-0.15, -0.1) is 0 Å². The maximum absolute atomic E-state index is 13.3. The zero-order valence-electron chi connectivity index (χ0n) is 18.3. The van der Waals surface area contributed by atoms with E-state index in [9.17, 15) is 13.2 Å². The Balaban J connectivity index is 1.99. The van der Waals surface area contributed by atoms with Gasteiger partial charge in [-0.1, -0.05) is 28.9 Å². The van der Waals surface area contributed by atoms with Gasteiger partial charge >= 0.3 is 0 Å². The van der Waals surface area contributed by atoms with Crippen LogP contribution in [-0.2, 0) is 10.0 Å². The van der Waals surface area contributed by atoms with E-state index < -0.39 is 16.1 Å². The number of methoxy groups -OCH3 is 1. The summed E-state index contributed by atoms with van der Waals surface area (Å²) in [4.78, 5) is 13.3. The zero-order valence-corrected chi connectivity index (χ0v) is 19.9. The number of anilines is 1. The van der Waals surface area contributed by atoms with E-state index in [2.05, 4.69) is 15.0 Å². The van der Waals surface area contributed by atoms with Crippen LogP contribution in [0.4, 0.5) is 5.69 Å². The smallest absolute Gasteiger partial charge is 0.280 e. The summed E-state index contributed by atoms with van der Waals surface area (Å²) in [5, 5.41) is 9.44. The number of aromatic nitrogens is 3. The number of benzene rings is 2. The third-order valence-corrected chi connectivity index (χ3v) is 6.04. The normalized spacial score (nSPS) is 12.6. The van der Waals surface area contributed by atoms with E-state index in [-0.39, 0.29) is 16.5 Å². The van der Waals surface area contributed by atoms with E-state index in [1.165, 1.54) is 11.8 Å². The van der Waals surface area contributed by atoms with Crippen molar-refractivity contribution in [3.8, 4) is 17.0 Å². The molecule has 0 fully saturated rings. The first-order valence-electron chi connectivity index (χ1n) is 9.89. The highest BCUT2D eigenvalue weighted by Gasteiger charge is 2.24. The second-order valence-electron chi connectivity index (χ2n) is 7.59. The Bertz CT molecular complexity index is 1510. The lowest BCUT2D eigenvalue weighted by Crippen LogP contribution is -2.27. The Kier molecular flexibility index (Phi) is 5.89. The highest BCUT2D eigenvalue weighted by atomic mass is 35.5. The van der Waals surface area contributed by atoms with Gasteiger partial charge in [0.15, 0.2) is 0 Å². The SMILES string of the molecule is COc1ccc(NS(C)(=O)=O)cc1-c1nn(C(C)c2ccc(Cl)cc2)c(=O)c2c(C)noc12. The van der Waals surface area contributed by atoms with Crippen molar-refractivity contribution in [2.24, 2.45) is 0 Å². The van der Waals surface area contributed by atoms with Crippen LogP contribution in [0.25, 0.3) is 22.2 Å². The Morgan fingerprint density at radius 2 is 1.88 bits per heavy atom. The monoisotopic (exact) mass is 488 g/mol. The van der Waals surface area contributed by atoms with Gasteiger partial charge in [-0.25, -0.2) is 13.1 Å². The third kappa shape index (κ3) is 4.44. The van der Waals surface area contributed by atoms with Gasteiger partial charge in [-0.2, -0.15) is 5.10 Å². The van der Waals surface area contributed by atoms with Crippen molar-refractivity contribution in [1.82, 2.24) is 14.9 Å². The molecule has 1 N–H and O–H groups in total. The van der Waals surface area contributed by atoms with Crippen molar-refractivity contribution in [2.75, 3.05) is 18.1 Å². The van der Waals surface area contributed by atoms with Crippen LogP contribution in [0.3, 0.4) is 0 Å². The number of fused-ring (bicyclic) bond motifs is 1. The number of ether oxygens (including phenoxy) is 1. The summed E-state index contributed by atoms with van der Waals surface area (Å²) in [6, 6.07) is 11.4. The van der Waals surface area contributed by atoms with Crippen molar-refractivity contribution in [3.05, 3.63) is 69.1 Å².